The van der Waals surface area contributed by atoms with Gasteiger partial charge < -0.3 is 10.1 Å². The van der Waals surface area contributed by atoms with Gasteiger partial charge in [0, 0.05) is 17.6 Å². The van der Waals surface area contributed by atoms with Gasteiger partial charge in [-0.05, 0) is 37.1 Å². The highest BCUT2D eigenvalue weighted by atomic mass is 19.1. The maximum atomic E-state index is 13.9. The van der Waals surface area contributed by atoms with Crippen LogP contribution in [0.25, 0.3) is 0 Å². The lowest BCUT2D eigenvalue weighted by atomic mass is 10.0. The Morgan fingerprint density at radius 2 is 1.76 bits per heavy atom. The molecule has 0 spiro atoms. The summed E-state index contributed by atoms with van der Waals surface area (Å²) in [4.78, 5) is 0. The smallest absolute Gasteiger partial charge is 0.127 e. The molecule has 2 unspecified atom stereocenters. The molecule has 3 heteroatoms. The maximum Gasteiger partial charge on any atom is 0.127 e. The molecule has 112 valence electrons. The SMILES string of the molecule is CCC(NC(C)c1ccc(OC)cc1)c1ccccc1F. The van der Waals surface area contributed by atoms with Gasteiger partial charge in [-0.2, -0.15) is 0 Å². The van der Waals surface area contributed by atoms with Gasteiger partial charge in [0.25, 0.3) is 0 Å². The molecule has 0 radical (unpaired) electrons. The van der Waals surface area contributed by atoms with Crippen LogP contribution in [0, 0.1) is 5.82 Å². The Balaban J connectivity index is 2.12. The summed E-state index contributed by atoms with van der Waals surface area (Å²) in [5.74, 6) is 0.686. The lowest BCUT2D eigenvalue weighted by molar-refractivity contribution is 0.413. The topological polar surface area (TPSA) is 21.3 Å². The minimum atomic E-state index is -0.154. The highest BCUT2D eigenvalue weighted by Crippen LogP contribution is 2.25. The second-order valence-electron chi connectivity index (χ2n) is 5.14. The molecule has 2 aromatic rings. The molecule has 2 rings (SSSR count). The van der Waals surface area contributed by atoms with E-state index in [1.165, 1.54) is 6.07 Å². The molecule has 0 amide bonds. The predicted octanol–water partition coefficient (Wildman–Crippen LogP) is 4.64. The van der Waals surface area contributed by atoms with Crippen molar-refractivity contribution < 1.29 is 9.13 Å². The Hall–Kier alpha value is -1.87. The summed E-state index contributed by atoms with van der Waals surface area (Å²) < 4.78 is 19.1. The standard InChI is InChI=1S/C18H22FNO/c1-4-18(16-7-5-6-8-17(16)19)20-13(2)14-9-11-15(21-3)12-10-14/h5-13,18,20H,4H2,1-3H3. The largest absolute Gasteiger partial charge is 0.497 e. The van der Waals surface area contributed by atoms with Gasteiger partial charge >= 0.3 is 0 Å². The fourth-order valence-corrected chi connectivity index (χ4v) is 2.48. The number of methoxy groups -OCH3 is 1. The van der Waals surface area contributed by atoms with Crippen LogP contribution in [-0.4, -0.2) is 7.11 Å². The van der Waals surface area contributed by atoms with Crippen molar-refractivity contribution in [1.29, 1.82) is 0 Å². The minimum Gasteiger partial charge on any atom is -0.497 e. The Morgan fingerprint density at radius 1 is 1.10 bits per heavy atom. The highest BCUT2D eigenvalue weighted by molar-refractivity contribution is 5.29. The fourth-order valence-electron chi connectivity index (χ4n) is 2.48. The molecule has 0 saturated carbocycles. The van der Waals surface area contributed by atoms with Crippen molar-refractivity contribution >= 4 is 0 Å². The molecular weight excluding hydrogens is 265 g/mol. The third-order valence-corrected chi connectivity index (χ3v) is 3.76. The van der Waals surface area contributed by atoms with Crippen molar-refractivity contribution in [3.8, 4) is 5.75 Å². The molecule has 0 bridgehead atoms. The number of ether oxygens (including phenoxy) is 1. The average Bonchev–Trinajstić information content (AvgIpc) is 2.53. The minimum absolute atomic E-state index is 0.00306. The molecule has 2 aromatic carbocycles. The molecule has 0 saturated heterocycles. The monoisotopic (exact) mass is 287 g/mol. The molecule has 0 heterocycles. The van der Waals surface area contributed by atoms with Crippen LogP contribution in [0.4, 0.5) is 4.39 Å². The highest BCUT2D eigenvalue weighted by Gasteiger charge is 2.16. The van der Waals surface area contributed by atoms with Crippen LogP contribution in [0.15, 0.2) is 48.5 Å². The van der Waals surface area contributed by atoms with E-state index < -0.39 is 0 Å². The Morgan fingerprint density at radius 3 is 2.33 bits per heavy atom. The third-order valence-electron chi connectivity index (χ3n) is 3.76. The van der Waals surface area contributed by atoms with E-state index >= 15 is 0 Å². The van der Waals surface area contributed by atoms with Crippen LogP contribution >= 0.6 is 0 Å². The zero-order valence-electron chi connectivity index (χ0n) is 12.8. The van der Waals surface area contributed by atoms with Gasteiger partial charge in [0.1, 0.15) is 11.6 Å². The third kappa shape index (κ3) is 3.82. The van der Waals surface area contributed by atoms with Crippen LogP contribution in [-0.2, 0) is 0 Å². The average molecular weight is 287 g/mol. The summed E-state index contributed by atoms with van der Waals surface area (Å²) in [5, 5.41) is 3.50. The first-order valence-corrected chi connectivity index (χ1v) is 7.30. The summed E-state index contributed by atoms with van der Waals surface area (Å²) in [7, 11) is 1.65. The first-order valence-electron chi connectivity index (χ1n) is 7.30. The van der Waals surface area contributed by atoms with Crippen molar-refractivity contribution in [3.05, 3.63) is 65.5 Å². The van der Waals surface area contributed by atoms with Crippen LogP contribution in [0.1, 0.15) is 43.5 Å². The van der Waals surface area contributed by atoms with Gasteiger partial charge in [-0.1, -0.05) is 37.3 Å². The van der Waals surface area contributed by atoms with Gasteiger partial charge in [0.2, 0.25) is 0 Å². The Kier molecular flexibility index (Phi) is 5.34. The normalized spacial score (nSPS) is 13.7. The van der Waals surface area contributed by atoms with E-state index in [9.17, 15) is 4.39 Å². The molecule has 0 fully saturated rings. The van der Waals surface area contributed by atoms with Crippen molar-refractivity contribution in [2.75, 3.05) is 7.11 Å². The van der Waals surface area contributed by atoms with E-state index in [0.717, 1.165) is 23.3 Å². The van der Waals surface area contributed by atoms with E-state index in [2.05, 4.69) is 19.2 Å². The van der Waals surface area contributed by atoms with E-state index in [0.29, 0.717) is 0 Å². The summed E-state index contributed by atoms with van der Waals surface area (Å²) in [6.07, 6.45) is 0.835. The zero-order chi connectivity index (χ0) is 15.2. The summed E-state index contributed by atoms with van der Waals surface area (Å²) >= 11 is 0. The molecule has 0 aliphatic heterocycles. The van der Waals surface area contributed by atoms with Crippen LogP contribution < -0.4 is 10.1 Å². The molecule has 2 nitrogen and oxygen atoms in total. The van der Waals surface area contributed by atoms with E-state index in [1.54, 1.807) is 13.2 Å². The summed E-state index contributed by atoms with van der Waals surface area (Å²) in [6, 6.07) is 15.0. The molecule has 21 heavy (non-hydrogen) atoms. The van der Waals surface area contributed by atoms with E-state index in [4.69, 9.17) is 4.74 Å². The molecule has 1 N–H and O–H groups in total. The number of benzene rings is 2. The number of hydrogen-bond donors (Lipinski definition) is 1. The predicted molar refractivity (Wildman–Crippen MR) is 84.0 cm³/mol. The number of hydrogen-bond acceptors (Lipinski definition) is 2. The van der Waals surface area contributed by atoms with E-state index in [1.807, 2.05) is 36.4 Å². The van der Waals surface area contributed by atoms with Gasteiger partial charge in [0.15, 0.2) is 0 Å². The van der Waals surface area contributed by atoms with Crippen molar-refractivity contribution in [2.45, 2.75) is 32.4 Å². The lowest BCUT2D eigenvalue weighted by Gasteiger charge is -2.23. The molecule has 0 aromatic heterocycles. The van der Waals surface area contributed by atoms with Crippen molar-refractivity contribution in [3.63, 3.8) is 0 Å². The fraction of sp³-hybridized carbons (Fsp3) is 0.333. The molecular formula is C18H22FNO. The van der Waals surface area contributed by atoms with Gasteiger partial charge in [-0.3, -0.25) is 0 Å². The van der Waals surface area contributed by atoms with Gasteiger partial charge in [-0.25, -0.2) is 4.39 Å². The number of halogens is 1. The number of nitrogens with one attached hydrogen (secondary N) is 1. The molecule has 0 aliphatic carbocycles. The number of rotatable bonds is 6. The summed E-state index contributed by atoms with van der Waals surface area (Å²) in [5.41, 5.74) is 1.88. The quantitative estimate of drug-likeness (QED) is 0.836. The zero-order valence-corrected chi connectivity index (χ0v) is 12.8. The molecule has 0 aliphatic rings. The first kappa shape index (κ1) is 15.5. The van der Waals surface area contributed by atoms with Crippen LogP contribution in [0.5, 0.6) is 5.75 Å². The van der Waals surface area contributed by atoms with Crippen molar-refractivity contribution in [2.24, 2.45) is 0 Å². The van der Waals surface area contributed by atoms with Crippen molar-refractivity contribution in [1.82, 2.24) is 5.32 Å². The summed E-state index contributed by atoms with van der Waals surface area (Å²) in [6.45, 7) is 4.15. The second kappa shape index (κ2) is 7.23. The van der Waals surface area contributed by atoms with E-state index in [-0.39, 0.29) is 17.9 Å². The second-order valence-corrected chi connectivity index (χ2v) is 5.14. The van der Waals surface area contributed by atoms with Crippen LogP contribution in [0.3, 0.4) is 0 Å². The molecule has 2 atom stereocenters. The van der Waals surface area contributed by atoms with Gasteiger partial charge in [-0.15, -0.1) is 0 Å². The van der Waals surface area contributed by atoms with Gasteiger partial charge in [0.05, 0.1) is 7.11 Å². The first-order chi connectivity index (χ1) is 10.2. The Labute approximate surface area is 126 Å². The van der Waals surface area contributed by atoms with Crippen LogP contribution in [0.2, 0.25) is 0 Å². The lowest BCUT2D eigenvalue weighted by Crippen LogP contribution is -2.25. The maximum absolute atomic E-state index is 13.9. The Bertz CT molecular complexity index is 568.